The third-order valence-corrected chi connectivity index (χ3v) is 2.63. The molecule has 0 aromatic rings. The molecular formula is C11H17NO. The van der Waals surface area contributed by atoms with Crippen molar-refractivity contribution in [3.63, 3.8) is 0 Å². The minimum atomic E-state index is -0.0121. The Hall–Kier alpha value is -0.970. The van der Waals surface area contributed by atoms with Gasteiger partial charge in [0.15, 0.2) is 0 Å². The highest BCUT2D eigenvalue weighted by atomic mass is 16.2. The molecule has 1 aliphatic rings. The molecule has 72 valence electrons. The number of hydrogen-bond donors (Lipinski definition) is 0. The molecule has 0 aliphatic carbocycles. The van der Waals surface area contributed by atoms with E-state index in [1.165, 1.54) is 0 Å². The lowest BCUT2D eigenvalue weighted by Gasteiger charge is -2.35. The molecule has 1 amide bonds. The minimum Gasteiger partial charge on any atom is -0.329 e. The second-order valence-corrected chi connectivity index (χ2v) is 3.85. The fourth-order valence-corrected chi connectivity index (χ4v) is 1.89. The molecule has 1 saturated heterocycles. The van der Waals surface area contributed by atoms with Gasteiger partial charge in [0, 0.05) is 12.6 Å². The summed E-state index contributed by atoms with van der Waals surface area (Å²) >= 11 is 0. The topological polar surface area (TPSA) is 20.3 Å². The van der Waals surface area contributed by atoms with Crippen LogP contribution in [0, 0.1) is 17.8 Å². The van der Waals surface area contributed by atoms with Crippen molar-refractivity contribution in [1.82, 2.24) is 4.90 Å². The summed E-state index contributed by atoms with van der Waals surface area (Å²) in [5.74, 6) is 5.98. The van der Waals surface area contributed by atoms with Crippen molar-refractivity contribution in [2.45, 2.75) is 39.7 Å². The number of piperidine rings is 1. The van der Waals surface area contributed by atoms with Crippen LogP contribution in [0.4, 0.5) is 0 Å². The van der Waals surface area contributed by atoms with Crippen molar-refractivity contribution in [2.75, 3.05) is 6.54 Å². The van der Waals surface area contributed by atoms with E-state index in [1.54, 1.807) is 6.92 Å². The molecular weight excluding hydrogens is 162 g/mol. The van der Waals surface area contributed by atoms with E-state index in [2.05, 4.69) is 25.7 Å². The number of likely N-dealkylation sites (tertiary alicyclic amines) is 1. The average molecular weight is 179 g/mol. The molecule has 0 bridgehead atoms. The molecule has 0 aromatic heterocycles. The van der Waals surface area contributed by atoms with Gasteiger partial charge in [0.2, 0.25) is 0 Å². The largest absolute Gasteiger partial charge is 0.329 e. The van der Waals surface area contributed by atoms with E-state index < -0.39 is 0 Å². The normalized spacial score (nSPS) is 27.8. The standard InChI is InChI=1S/C11H17NO/c1-4-5-11(13)12-7-6-9(2)8-10(12)3/h9-10H,6-8H2,1-3H3. The Morgan fingerprint density at radius 2 is 2.15 bits per heavy atom. The van der Waals surface area contributed by atoms with Gasteiger partial charge in [0.1, 0.15) is 0 Å². The number of carbonyl (C=O) groups is 1. The summed E-state index contributed by atoms with van der Waals surface area (Å²) in [6, 6.07) is 0.358. The van der Waals surface area contributed by atoms with Gasteiger partial charge in [0.05, 0.1) is 0 Å². The molecule has 1 heterocycles. The molecule has 13 heavy (non-hydrogen) atoms. The molecule has 1 fully saturated rings. The quantitative estimate of drug-likeness (QED) is 0.518. The van der Waals surface area contributed by atoms with Crippen LogP contribution in [0.3, 0.4) is 0 Å². The Morgan fingerprint density at radius 1 is 1.46 bits per heavy atom. The first-order chi connectivity index (χ1) is 6.15. The molecule has 0 radical (unpaired) electrons. The van der Waals surface area contributed by atoms with Gasteiger partial charge in [-0.1, -0.05) is 12.8 Å². The first-order valence-corrected chi connectivity index (χ1v) is 4.88. The predicted octanol–water partition coefficient (Wildman–Crippen LogP) is 1.66. The lowest BCUT2D eigenvalue weighted by molar-refractivity contribution is -0.128. The Labute approximate surface area is 80.3 Å². The molecule has 1 aliphatic heterocycles. The number of hydrogen-bond acceptors (Lipinski definition) is 1. The maximum Gasteiger partial charge on any atom is 0.298 e. The number of rotatable bonds is 0. The molecule has 2 nitrogen and oxygen atoms in total. The van der Waals surface area contributed by atoms with Crippen molar-refractivity contribution < 1.29 is 4.79 Å². The second kappa shape index (κ2) is 4.32. The average Bonchev–Trinajstić information content (AvgIpc) is 2.04. The maximum absolute atomic E-state index is 11.5. The summed E-state index contributed by atoms with van der Waals surface area (Å²) in [6.07, 6.45) is 2.22. The highest BCUT2D eigenvalue weighted by Crippen LogP contribution is 2.21. The van der Waals surface area contributed by atoms with Gasteiger partial charge >= 0.3 is 0 Å². The van der Waals surface area contributed by atoms with Crippen LogP contribution in [0.5, 0.6) is 0 Å². The summed E-state index contributed by atoms with van der Waals surface area (Å²) < 4.78 is 0. The zero-order chi connectivity index (χ0) is 9.84. The lowest BCUT2D eigenvalue weighted by Crippen LogP contribution is -2.43. The second-order valence-electron chi connectivity index (χ2n) is 3.85. The molecule has 1 rings (SSSR count). The lowest BCUT2D eigenvalue weighted by atomic mass is 9.93. The van der Waals surface area contributed by atoms with Crippen molar-refractivity contribution in [2.24, 2.45) is 5.92 Å². The van der Waals surface area contributed by atoms with Gasteiger partial charge in [0.25, 0.3) is 5.91 Å². The van der Waals surface area contributed by atoms with E-state index in [9.17, 15) is 4.79 Å². The molecule has 0 aromatic carbocycles. The van der Waals surface area contributed by atoms with Crippen LogP contribution in [0.1, 0.15) is 33.6 Å². The minimum absolute atomic E-state index is 0.0121. The Kier molecular flexibility index (Phi) is 3.36. The Bertz CT molecular complexity index is 249. The van der Waals surface area contributed by atoms with E-state index >= 15 is 0 Å². The number of amides is 1. The van der Waals surface area contributed by atoms with Crippen LogP contribution in [0.15, 0.2) is 0 Å². The van der Waals surface area contributed by atoms with Crippen LogP contribution < -0.4 is 0 Å². The van der Waals surface area contributed by atoms with E-state index in [0.717, 1.165) is 25.3 Å². The maximum atomic E-state index is 11.5. The van der Waals surface area contributed by atoms with Crippen LogP contribution >= 0.6 is 0 Å². The van der Waals surface area contributed by atoms with Crippen LogP contribution in [-0.2, 0) is 4.79 Å². The Morgan fingerprint density at radius 3 is 2.69 bits per heavy atom. The van der Waals surface area contributed by atoms with Gasteiger partial charge < -0.3 is 4.90 Å². The third-order valence-electron chi connectivity index (χ3n) is 2.63. The molecule has 0 saturated carbocycles. The third kappa shape index (κ3) is 2.48. The molecule has 0 spiro atoms. The summed E-state index contributed by atoms with van der Waals surface area (Å²) in [6.45, 7) is 6.92. The number of nitrogens with zero attached hydrogens (tertiary/aromatic N) is 1. The summed E-state index contributed by atoms with van der Waals surface area (Å²) in [4.78, 5) is 13.4. The van der Waals surface area contributed by atoms with Gasteiger partial charge in [-0.25, -0.2) is 0 Å². The van der Waals surface area contributed by atoms with E-state index in [0.29, 0.717) is 6.04 Å². The Balaban J connectivity index is 2.59. The van der Waals surface area contributed by atoms with Crippen LogP contribution in [0.25, 0.3) is 0 Å². The molecule has 2 atom stereocenters. The van der Waals surface area contributed by atoms with Crippen molar-refractivity contribution >= 4 is 5.91 Å². The van der Waals surface area contributed by atoms with E-state index in [-0.39, 0.29) is 5.91 Å². The SMILES string of the molecule is CC#CC(=O)N1CCC(C)CC1C. The van der Waals surface area contributed by atoms with Crippen molar-refractivity contribution in [1.29, 1.82) is 0 Å². The van der Waals surface area contributed by atoms with Crippen molar-refractivity contribution in [3.05, 3.63) is 0 Å². The van der Waals surface area contributed by atoms with E-state index in [1.807, 2.05) is 4.90 Å². The first kappa shape index (κ1) is 10.1. The fourth-order valence-electron chi connectivity index (χ4n) is 1.89. The monoisotopic (exact) mass is 179 g/mol. The summed E-state index contributed by atoms with van der Waals surface area (Å²) in [5.41, 5.74) is 0. The summed E-state index contributed by atoms with van der Waals surface area (Å²) in [7, 11) is 0. The molecule has 0 N–H and O–H groups in total. The van der Waals surface area contributed by atoms with Crippen LogP contribution in [0.2, 0.25) is 0 Å². The first-order valence-electron chi connectivity index (χ1n) is 4.88. The predicted molar refractivity (Wildman–Crippen MR) is 53.0 cm³/mol. The van der Waals surface area contributed by atoms with Crippen molar-refractivity contribution in [3.8, 4) is 11.8 Å². The summed E-state index contributed by atoms with van der Waals surface area (Å²) in [5, 5.41) is 0. The molecule has 2 heteroatoms. The van der Waals surface area contributed by atoms with E-state index in [4.69, 9.17) is 0 Å². The smallest absolute Gasteiger partial charge is 0.298 e. The van der Waals surface area contributed by atoms with Crippen LogP contribution in [-0.4, -0.2) is 23.4 Å². The zero-order valence-corrected chi connectivity index (χ0v) is 8.63. The zero-order valence-electron chi connectivity index (χ0n) is 8.63. The van der Waals surface area contributed by atoms with Gasteiger partial charge in [-0.05, 0) is 38.5 Å². The fraction of sp³-hybridized carbons (Fsp3) is 0.727. The van der Waals surface area contributed by atoms with Gasteiger partial charge in [-0.15, -0.1) is 0 Å². The highest BCUT2D eigenvalue weighted by molar-refractivity contribution is 5.93. The van der Waals surface area contributed by atoms with Gasteiger partial charge in [-0.2, -0.15) is 0 Å². The highest BCUT2D eigenvalue weighted by Gasteiger charge is 2.25. The molecule has 2 unspecified atom stereocenters. The van der Waals surface area contributed by atoms with Gasteiger partial charge in [-0.3, -0.25) is 4.79 Å². The number of carbonyl (C=O) groups excluding carboxylic acids is 1.